The highest BCUT2D eigenvalue weighted by atomic mass is 16.5. The Hall–Kier alpha value is -2.24. The third kappa shape index (κ3) is 3.63. The zero-order chi connectivity index (χ0) is 14.5. The van der Waals surface area contributed by atoms with Crippen LogP contribution in [0, 0.1) is 0 Å². The maximum Gasteiger partial charge on any atom is 0.261 e. The topological polar surface area (TPSA) is 69.3 Å². The van der Waals surface area contributed by atoms with E-state index in [1.807, 2.05) is 13.8 Å². The number of rotatable bonds is 6. The highest BCUT2D eigenvalue weighted by Gasteiger charge is 2.15. The van der Waals surface area contributed by atoms with Crippen LogP contribution < -0.4 is 10.1 Å². The fourth-order valence-electron chi connectivity index (χ4n) is 1.65. The molecule has 0 aliphatic rings. The number of carbonyl (C=O) groups is 1. The van der Waals surface area contributed by atoms with Crippen molar-refractivity contribution in [1.82, 2.24) is 15.1 Å². The number of amides is 1. The molecule has 1 amide bonds. The van der Waals surface area contributed by atoms with Gasteiger partial charge in [0, 0.05) is 6.04 Å². The second kappa shape index (κ2) is 6.27. The third-order valence-electron chi connectivity index (χ3n) is 2.81. The van der Waals surface area contributed by atoms with Crippen LogP contribution >= 0.6 is 0 Å². The lowest BCUT2D eigenvalue weighted by Crippen LogP contribution is -2.35. The third-order valence-corrected chi connectivity index (χ3v) is 2.81. The van der Waals surface area contributed by atoms with Gasteiger partial charge in [0.1, 0.15) is 5.76 Å². The van der Waals surface area contributed by atoms with E-state index in [4.69, 9.17) is 9.15 Å². The summed E-state index contributed by atoms with van der Waals surface area (Å²) in [6.07, 6.45) is 4.37. The fraction of sp³-hybridized carbons (Fsp3) is 0.429. The fourth-order valence-corrected chi connectivity index (χ4v) is 1.65. The molecule has 0 aliphatic heterocycles. The molecule has 6 heteroatoms. The standard InChI is InChI=1S/C14H19N3O3/c1-10(2)17-9-13(8-16-17)20-11(3)14(18)15-7-12-5-4-6-19-12/h4-6,8-11H,7H2,1-3H3,(H,15,18). The van der Waals surface area contributed by atoms with Crippen molar-refractivity contribution < 1.29 is 13.9 Å². The summed E-state index contributed by atoms with van der Waals surface area (Å²) in [7, 11) is 0. The first kappa shape index (κ1) is 14.2. The summed E-state index contributed by atoms with van der Waals surface area (Å²) in [5.74, 6) is 1.09. The number of hydrogen-bond acceptors (Lipinski definition) is 4. The van der Waals surface area contributed by atoms with Gasteiger partial charge in [0.15, 0.2) is 11.9 Å². The molecule has 108 valence electrons. The molecule has 0 saturated heterocycles. The zero-order valence-corrected chi connectivity index (χ0v) is 11.9. The first-order valence-corrected chi connectivity index (χ1v) is 6.57. The summed E-state index contributed by atoms with van der Waals surface area (Å²) in [6.45, 7) is 6.10. The maximum absolute atomic E-state index is 11.9. The van der Waals surface area contributed by atoms with Gasteiger partial charge in [0.05, 0.1) is 25.2 Å². The van der Waals surface area contributed by atoms with Gasteiger partial charge in [-0.25, -0.2) is 0 Å². The summed E-state index contributed by atoms with van der Waals surface area (Å²) < 4.78 is 12.5. The van der Waals surface area contributed by atoms with E-state index in [9.17, 15) is 4.79 Å². The second-order valence-corrected chi connectivity index (χ2v) is 4.81. The van der Waals surface area contributed by atoms with Crippen LogP contribution in [-0.2, 0) is 11.3 Å². The Morgan fingerprint density at radius 2 is 2.30 bits per heavy atom. The van der Waals surface area contributed by atoms with Crippen LogP contribution in [-0.4, -0.2) is 21.8 Å². The lowest BCUT2D eigenvalue weighted by Gasteiger charge is -2.12. The van der Waals surface area contributed by atoms with Crippen molar-refractivity contribution in [2.45, 2.75) is 39.5 Å². The monoisotopic (exact) mass is 277 g/mol. The molecular weight excluding hydrogens is 258 g/mol. The SMILES string of the molecule is CC(Oc1cnn(C(C)C)c1)C(=O)NCc1ccco1. The number of carbonyl (C=O) groups excluding carboxylic acids is 1. The summed E-state index contributed by atoms with van der Waals surface area (Å²) in [4.78, 5) is 11.9. The van der Waals surface area contributed by atoms with Gasteiger partial charge in [-0.2, -0.15) is 5.10 Å². The Balaban J connectivity index is 1.83. The number of nitrogens with one attached hydrogen (secondary N) is 1. The van der Waals surface area contributed by atoms with Crippen molar-refractivity contribution in [3.05, 3.63) is 36.5 Å². The minimum absolute atomic E-state index is 0.196. The molecule has 0 bridgehead atoms. The normalized spacial score (nSPS) is 12.4. The molecule has 0 saturated carbocycles. The highest BCUT2D eigenvalue weighted by molar-refractivity contribution is 5.80. The molecule has 6 nitrogen and oxygen atoms in total. The largest absolute Gasteiger partial charge is 0.478 e. The van der Waals surface area contributed by atoms with E-state index < -0.39 is 6.10 Å². The lowest BCUT2D eigenvalue weighted by atomic mass is 10.3. The van der Waals surface area contributed by atoms with E-state index in [0.29, 0.717) is 18.1 Å². The van der Waals surface area contributed by atoms with E-state index in [2.05, 4.69) is 10.4 Å². The van der Waals surface area contributed by atoms with Gasteiger partial charge >= 0.3 is 0 Å². The Bertz CT molecular complexity index is 546. The van der Waals surface area contributed by atoms with E-state index in [1.54, 1.807) is 42.4 Å². The summed E-state index contributed by atoms with van der Waals surface area (Å²) in [5.41, 5.74) is 0. The zero-order valence-electron chi connectivity index (χ0n) is 11.9. The van der Waals surface area contributed by atoms with Gasteiger partial charge in [0.2, 0.25) is 0 Å². The van der Waals surface area contributed by atoms with Crippen LogP contribution in [0.25, 0.3) is 0 Å². The van der Waals surface area contributed by atoms with Gasteiger partial charge in [0.25, 0.3) is 5.91 Å². The number of furan rings is 1. The molecule has 2 heterocycles. The van der Waals surface area contributed by atoms with Gasteiger partial charge in [-0.1, -0.05) is 0 Å². The lowest BCUT2D eigenvalue weighted by molar-refractivity contribution is -0.127. The van der Waals surface area contributed by atoms with E-state index in [1.165, 1.54) is 0 Å². The molecule has 0 aromatic carbocycles. The molecule has 1 N–H and O–H groups in total. The molecule has 0 spiro atoms. The smallest absolute Gasteiger partial charge is 0.261 e. The van der Waals surface area contributed by atoms with Crippen molar-refractivity contribution in [2.75, 3.05) is 0 Å². The molecule has 1 atom stereocenters. The number of nitrogens with zero attached hydrogens (tertiary/aromatic N) is 2. The van der Waals surface area contributed by atoms with Crippen molar-refractivity contribution in [3.8, 4) is 5.75 Å². The quantitative estimate of drug-likeness (QED) is 0.878. The van der Waals surface area contributed by atoms with Crippen LogP contribution in [0.2, 0.25) is 0 Å². The first-order valence-electron chi connectivity index (χ1n) is 6.57. The maximum atomic E-state index is 11.9. The van der Waals surface area contributed by atoms with Gasteiger partial charge < -0.3 is 14.5 Å². The second-order valence-electron chi connectivity index (χ2n) is 4.81. The molecule has 0 radical (unpaired) electrons. The highest BCUT2D eigenvalue weighted by Crippen LogP contribution is 2.14. The number of aromatic nitrogens is 2. The van der Waals surface area contributed by atoms with Gasteiger partial charge in [-0.3, -0.25) is 9.48 Å². The molecule has 1 unspecified atom stereocenters. The predicted octanol–water partition coefficient (Wildman–Crippen LogP) is 2.14. The van der Waals surface area contributed by atoms with Crippen LogP contribution in [0.4, 0.5) is 0 Å². The van der Waals surface area contributed by atoms with Crippen LogP contribution in [0.5, 0.6) is 5.75 Å². The average molecular weight is 277 g/mol. The van der Waals surface area contributed by atoms with Crippen molar-refractivity contribution in [3.63, 3.8) is 0 Å². The Morgan fingerprint density at radius 3 is 2.90 bits per heavy atom. The first-order chi connectivity index (χ1) is 9.56. The summed E-state index contributed by atoms with van der Waals surface area (Å²) in [5, 5.41) is 6.91. The molecule has 0 fully saturated rings. The summed E-state index contributed by atoms with van der Waals surface area (Å²) in [6, 6.07) is 3.84. The summed E-state index contributed by atoms with van der Waals surface area (Å²) >= 11 is 0. The molecule has 0 aliphatic carbocycles. The number of hydrogen-bond donors (Lipinski definition) is 1. The Morgan fingerprint density at radius 1 is 1.50 bits per heavy atom. The van der Waals surface area contributed by atoms with Gasteiger partial charge in [-0.05, 0) is 32.9 Å². The molecule has 2 rings (SSSR count). The van der Waals surface area contributed by atoms with E-state index in [0.717, 1.165) is 0 Å². The predicted molar refractivity (Wildman–Crippen MR) is 73.3 cm³/mol. The van der Waals surface area contributed by atoms with Crippen molar-refractivity contribution >= 4 is 5.91 Å². The van der Waals surface area contributed by atoms with Crippen LogP contribution in [0.1, 0.15) is 32.6 Å². The minimum Gasteiger partial charge on any atom is -0.478 e. The Labute approximate surface area is 117 Å². The molecular formula is C14H19N3O3. The average Bonchev–Trinajstić information content (AvgIpc) is 3.06. The van der Waals surface area contributed by atoms with Crippen molar-refractivity contribution in [2.24, 2.45) is 0 Å². The van der Waals surface area contributed by atoms with Crippen LogP contribution in [0.3, 0.4) is 0 Å². The van der Waals surface area contributed by atoms with Crippen molar-refractivity contribution in [1.29, 1.82) is 0 Å². The molecule has 2 aromatic heterocycles. The van der Waals surface area contributed by atoms with Crippen LogP contribution in [0.15, 0.2) is 35.2 Å². The van der Waals surface area contributed by atoms with E-state index in [-0.39, 0.29) is 11.9 Å². The van der Waals surface area contributed by atoms with E-state index >= 15 is 0 Å². The number of ether oxygens (including phenoxy) is 1. The molecule has 2 aromatic rings. The Kier molecular flexibility index (Phi) is 4.45. The molecule has 20 heavy (non-hydrogen) atoms. The van der Waals surface area contributed by atoms with Gasteiger partial charge in [-0.15, -0.1) is 0 Å². The minimum atomic E-state index is -0.588.